The average molecular weight is 331 g/mol. The van der Waals surface area contributed by atoms with E-state index >= 15 is 0 Å². The number of hydrogen-bond donors (Lipinski definition) is 1. The van der Waals surface area contributed by atoms with E-state index in [1.807, 2.05) is 18.2 Å². The molecule has 0 amide bonds. The molecule has 124 valence electrons. The Bertz CT molecular complexity index is 580. The van der Waals surface area contributed by atoms with Crippen molar-refractivity contribution in [1.29, 1.82) is 0 Å². The van der Waals surface area contributed by atoms with Crippen LogP contribution in [0.25, 0.3) is 10.7 Å². The number of rotatable bonds is 7. The van der Waals surface area contributed by atoms with Crippen LogP contribution in [0.2, 0.25) is 0 Å². The van der Waals surface area contributed by atoms with E-state index in [-0.39, 0.29) is 0 Å². The summed E-state index contributed by atoms with van der Waals surface area (Å²) in [4.78, 5) is 6.84. The van der Waals surface area contributed by atoms with E-state index in [9.17, 15) is 0 Å². The number of nitrogens with one attached hydrogen (secondary N) is 1. The van der Waals surface area contributed by atoms with Gasteiger partial charge in [-0.1, -0.05) is 36.7 Å². The van der Waals surface area contributed by atoms with Crippen molar-refractivity contribution in [2.24, 2.45) is 0 Å². The molecule has 1 fully saturated rings. The summed E-state index contributed by atoms with van der Waals surface area (Å²) in [6, 6.07) is 6.63. The van der Waals surface area contributed by atoms with Gasteiger partial charge in [0.25, 0.3) is 0 Å². The van der Waals surface area contributed by atoms with E-state index in [0.29, 0.717) is 0 Å². The van der Waals surface area contributed by atoms with Crippen molar-refractivity contribution in [3.8, 4) is 10.7 Å². The maximum atomic E-state index is 4.31. The minimum absolute atomic E-state index is 0.793. The van der Waals surface area contributed by atoms with Crippen LogP contribution in [-0.2, 0) is 0 Å². The summed E-state index contributed by atoms with van der Waals surface area (Å²) in [5, 5.41) is 13.5. The highest BCUT2D eigenvalue weighted by molar-refractivity contribution is 7.18. The fraction of sp³-hybridized carbons (Fsp3) is 0.588. The summed E-state index contributed by atoms with van der Waals surface area (Å²) in [7, 11) is 2.26. The van der Waals surface area contributed by atoms with Gasteiger partial charge in [0.2, 0.25) is 5.13 Å². The molecule has 5 nitrogen and oxygen atoms in total. The van der Waals surface area contributed by atoms with E-state index in [1.165, 1.54) is 32.1 Å². The van der Waals surface area contributed by atoms with Gasteiger partial charge in [0, 0.05) is 18.8 Å². The molecule has 23 heavy (non-hydrogen) atoms. The van der Waals surface area contributed by atoms with Crippen LogP contribution in [0.5, 0.6) is 0 Å². The monoisotopic (exact) mass is 331 g/mol. The van der Waals surface area contributed by atoms with Gasteiger partial charge >= 0.3 is 0 Å². The number of anilines is 1. The standard InChI is InChI=1S/C17H25N5S/c1-22(14-8-3-2-4-9-14)13-7-12-19-17-21-20-16(23-17)15-10-5-6-11-18-15/h5-6,10-11,14H,2-4,7-9,12-13H2,1H3,(H,19,21). The second-order valence-corrected chi connectivity index (χ2v) is 7.16. The van der Waals surface area contributed by atoms with Crippen molar-refractivity contribution < 1.29 is 0 Å². The number of nitrogens with zero attached hydrogens (tertiary/aromatic N) is 4. The molecule has 1 aliphatic carbocycles. The van der Waals surface area contributed by atoms with E-state index in [2.05, 4.69) is 32.4 Å². The van der Waals surface area contributed by atoms with Crippen LogP contribution in [0.15, 0.2) is 24.4 Å². The van der Waals surface area contributed by atoms with Crippen LogP contribution in [0.1, 0.15) is 38.5 Å². The van der Waals surface area contributed by atoms with Crippen molar-refractivity contribution in [3.05, 3.63) is 24.4 Å². The van der Waals surface area contributed by atoms with Gasteiger partial charge in [-0.05, 0) is 45.0 Å². The SMILES string of the molecule is CN(CCCNc1nnc(-c2ccccn2)s1)C1CCCCC1. The lowest BCUT2D eigenvalue weighted by atomic mass is 9.94. The lowest BCUT2D eigenvalue weighted by Gasteiger charge is -2.31. The van der Waals surface area contributed by atoms with E-state index in [0.717, 1.165) is 41.4 Å². The van der Waals surface area contributed by atoms with Crippen LogP contribution in [0.3, 0.4) is 0 Å². The van der Waals surface area contributed by atoms with Gasteiger partial charge in [0.05, 0.1) is 0 Å². The molecule has 0 spiro atoms. The summed E-state index contributed by atoms with van der Waals surface area (Å²) in [6.45, 7) is 2.08. The molecule has 1 N–H and O–H groups in total. The molecule has 0 aliphatic heterocycles. The second kappa shape index (κ2) is 8.36. The topological polar surface area (TPSA) is 53.9 Å². The summed E-state index contributed by atoms with van der Waals surface area (Å²) < 4.78 is 0. The third kappa shape index (κ3) is 4.72. The lowest BCUT2D eigenvalue weighted by Crippen LogP contribution is -2.34. The lowest BCUT2D eigenvalue weighted by molar-refractivity contribution is 0.191. The van der Waals surface area contributed by atoms with E-state index in [1.54, 1.807) is 17.5 Å². The molecule has 2 aromatic rings. The largest absolute Gasteiger partial charge is 0.360 e. The molecule has 3 rings (SSSR count). The molecule has 0 unspecified atom stereocenters. The molecular weight excluding hydrogens is 306 g/mol. The van der Waals surface area contributed by atoms with Gasteiger partial charge in [-0.3, -0.25) is 4.98 Å². The number of aromatic nitrogens is 3. The first-order valence-electron chi connectivity index (χ1n) is 8.52. The van der Waals surface area contributed by atoms with Crippen LogP contribution in [0.4, 0.5) is 5.13 Å². The highest BCUT2D eigenvalue weighted by atomic mass is 32.1. The summed E-state index contributed by atoms with van der Waals surface area (Å²) >= 11 is 1.56. The van der Waals surface area contributed by atoms with Crippen molar-refractivity contribution >= 4 is 16.5 Å². The zero-order chi connectivity index (χ0) is 15.9. The van der Waals surface area contributed by atoms with Gasteiger partial charge in [0.1, 0.15) is 5.69 Å². The molecule has 1 aliphatic rings. The highest BCUT2D eigenvalue weighted by Gasteiger charge is 2.17. The maximum absolute atomic E-state index is 4.31. The summed E-state index contributed by atoms with van der Waals surface area (Å²) in [5.74, 6) is 0. The molecule has 0 atom stereocenters. The molecular formula is C17H25N5S. The Morgan fingerprint density at radius 2 is 2.09 bits per heavy atom. The predicted molar refractivity (Wildman–Crippen MR) is 95.7 cm³/mol. The Kier molecular flexibility index (Phi) is 5.93. The number of pyridine rings is 1. The molecule has 2 heterocycles. The van der Waals surface area contributed by atoms with Gasteiger partial charge < -0.3 is 10.2 Å². The Balaban J connectivity index is 1.40. The van der Waals surface area contributed by atoms with Crippen molar-refractivity contribution in [3.63, 3.8) is 0 Å². The molecule has 0 saturated heterocycles. The maximum Gasteiger partial charge on any atom is 0.206 e. The van der Waals surface area contributed by atoms with Crippen molar-refractivity contribution in [2.45, 2.75) is 44.6 Å². The zero-order valence-corrected chi connectivity index (χ0v) is 14.6. The van der Waals surface area contributed by atoms with Crippen LogP contribution in [0, 0.1) is 0 Å². The van der Waals surface area contributed by atoms with Gasteiger partial charge in [-0.15, -0.1) is 10.2 Å². The second-order valence-electron chi connectivity index (χ2n) is 6.18. The third-order valence-electron chi connectivity index (χ3n) is 4.47. The van der Waals surface area contributed by atoms with Crippen molar-refractivity contribution in [2.75, 3.05) is 25.5 Å². The first-order chi connectivity index (χ1) is 11.3. The van der Waals surface area contributed by atoms with Crippen LogP contribution in [-0.4, -0.2) is 46.3 Å². The van der Waals surface area contributed by atoms with E-state index in [4.69, 9.17) is 0 Å². The fourth-order valence-electron chi connectivity index (χ4n) is 3.12. The summed E-state index contributed by atoms with van der Waals surface area (Å²) in [6.07, 6.45) is 9.86. The van der Waals surface area contributed by atoms with Gasteiger partial charge in [-0.2, -0.15) is 0 Å². The quantitative estimate of drug-likeness (QED) is 0.785. The summed E-state index contributed by atoms with van der Waals surface area (Å²) in [5.41, 5.74) is 0.884. The number of hydrogen-bond acceptors (Lipinski definition) is 6. The molecule has 0 bridgehead atoms. The van der Waals surface area contributed by atoms with Crippen molar-refractivity contribution in [1.82, 2.24) is 20.1 Å². The third-order valence-corrected chi connectivity index (χ3v) is 5.37. The minimum Gasteiger partial charge on any atom is -0.360 e. The highest BCUT2D eigenvalue weighted by Crippen LogP contribution is 2.24. The molecule has 0 aromatic carbocycles. The molecule has 0 radical (unpaired) electrons. The van der Waals surface area contributed by atoms with E-state index < -0.39 is 0 Å². The normalized spacial score (nSPS) is 15.9. The fourth-order valence-corrected chi connectivity index (χ4v) is 3.86. The Morgan fingerprint density at radius 1 is 1.22 bits per heavy atom. The zero-order valence-electron chi connectivity index (χ0n) is 13.7. The van der Waals surface area contributed by atoms with Gasteiger partial charge in [-0.25, -0.2) is 0 Å². The first kappa shape index (κ1) is 16.3. The smallest absolute Gasteiger partial charge is 0.206 e. The van der Waals surface area contributed by atoms with Crippen LogP contribution >= 0.6 is 11.3 Å². The van der Waals surface area contributed by atoms with Crippen LogP contribution < -0.4 is 5.32 Å². The Labute approximate surface area is 142 Å². The minimum atomic E-state index is 0.793. The molecule has 6 heteroatoms. The molecule has 1 saturated carbocycles. The molecule has 2 aromatic heterocycles. The first-order valence-corrected chi connectivity index (χ1v) is 9.33. The Hall–Kier alpha value is -1.53. The Morgan fingerprint density at radius 3 is 2.87 bits per heavy atom. The predicted octanol–water partition coefficient (Wildman–Crippen LogP) is 3.67. The van der Waals surface area contributed by atoms with Gasteiger partial charge in [0.15, 0.2) is 5.01 Å². The average Bonchev–Trinajstić information content (AvgIpc) is 3.09.